The van der Waals surface area contributed by atoms with Crippen molar-refractivity contribution >= 4 is 17.5 Å². The molecule has 1 heterocycles. The highest BCUT2D eigenvalue weighted by atomic mass is 16.5. The molecular formula is C20H20N4O2. The van der Waals surface area contributed by atoms with E-state index in [2.05, 4.69) is 20.6 Å². The highest BCUT2D eigenvalue weighted by molar-refractivity contribution is 6.03. The Hall–Kier alpha value is -3.41. The van der Waals surface area contributed by atoms with Gasteiger partial charge < -0.3 is 15.4 Å². The van der Waals surface area contributed by atoms with Crippen molar-refractivity contribution in [1.82, 2.24) is 9.97 Å². The number of aromatic nitrogens is 2. The van der Waals surface area contributed by atoms with E-state index in [0.717, 1.165) is 5.56 Å². The van der Waals surface area contributed by atoms with E-state index in [9.17, 15) is 4.79 Å². The minimum absolute atomic E-state index is 0.0173. The summed E-state index contributed by atoms with van der Waals surface area (Å²) in [6, 6.07) is 18.8. The molecule has 0 radical (unpaired) electrons. The number of carbonyl (C=O) groups is 1. The molecule has 0 aliphatic heterocycles. The van der Waals surface area contributed by atoms with E-state index in [1.165, 1.54) is 0 Å². The molecule has 0 aliphatic rings. The molecule has 0 bridgehead atoms. The van der Waals surface area contributed by atoms with Gasteiger partial charge in [0.1, 0.15) is 11.4 Å². The first-order valence-corrected chi connectivity index (χ1v) is 8.26. The van der Waals surface area contributed by atoms with E-state index >= 15 is 0 Å². The summed E-state index contributed by atoms with van der Waals surface area (Å²) in [6.07, 6.45) is 1.56. The van der Waals surface area contributed by atoms with E-state index in [-0.39, 0.29) is 17.6 Å². The zero-order chi connectivity index (χ0) is 18.4. The average molecular weight is 348 g/mol. The second-order valence-corrected chi connectivity index (χ2v) is 5.70. The Morgan fingerprint density at radius 1 is 1.04 bits per heavy atom. The number of benzene rings is 2. The van der Waals surface area contributed by atoms with Gasteiger partial charge in [-0.3, -0.25) is 4.79 Å². The average Bonchev–Trinajstić information content (AvgIpc) is 2.69. The molecular weight excluding hydrogens is 328 g/mol. The van der Waals surface area contributed by atoms with E-state index in [0.29, 0.717) is 17.4 Å². The predicted molar refractivity (Wildman–Crippen MR) is 101 cm³/mol. The molecule has 3 aromatic rings. The standard InChI is InChI=1S/C20H20N4O2/c1-14(15-8-4-3-5-9-15)22-20-21-13-12-17(24-20)19(25)23-16-10-6-7-11-18(16)26-2/h3-14H,1-2H3,(H,23,25)(H,21,22,24). The van der Waals surface area contributed by atoms with Crippen LogP contribution in [0, 0.1) is 0 Å². The van der Waals surface area contributed by atoms with Gasteiger partial charge in [0.05, 0.1) is 18.8 Å². The monoisotopic (exact) mass is 348 g/mol. The first kappa shape index (κ1) is 17.4. The molecule has 6 heteroatoms. The Labute approximate surface area is 152 Å². The molecule has 0 fully saturated rings. The van der Waals surface area contributed by atoms with E-state index in [1.54, 1.807) is 31.5 Å². The maximum atomic E-state index is 12.5. The van der Waals surface area contributed by atoms with Crippen molar-refractivity contribution in [3.05, 3.63) is 78.1 Å². The number of ether oxygens (including phenoxy) is 1. The third-order valence-electron chi connectivity index (χ3n) is 3.89. The van der Waals surface area contributed by atoms with Crippen LogP contribution < -0.4 is 15.4 Å². The van der Waals surface area contributed by atoms with Crippen LogP contribution in [0.2, 0.25) is 0 Å². The molecule has 0 saturated carbocycles. The number of nitrogens with zero attached hydrogens (tertiary/aromatic N) is 2. The molecule has 1 unspecified atom stereocenters. The topological polar surface area (TPSA) is 76.1 Å². The molecule has 1 aromatic heterocycles. The normalized spacial score (nSPS) is 11.5. The summed E-state index contributed by atoms with van der Waals surface area (Å²) in [4.78, 5) is 21.0. The predicted octanol–water partition coefficient (Wildman–Crippen LogP) is 3.91. The lowest BCUT2D eigenvalue weighted by Gasteiger charge is -2.14. The number of hydrogen-bond donors (Lipinski definition) is 2. The van der Waals surface area contributed by atoms with Crippen molar-refractivity contribution in [2.24, 2.45) is 0 Å². The fraction of sp³-hybridized carbons (Fsp3) is 0.150. The Morgan fingerprint density at radius 3 is 2.54 bits per heavy atom. The van der Waals surface area contributed by atoms with Crippen LogP contribution >= 0.6 is 0 Å². The van der Waals surface area contributed by atoms with Crippen LogP contribution in [0.5, 0.6) is 5.75 Å². The maximum Gasteiger partial charge on any atom is 0.274 e. The van der Waals surface area contributed by atoms with E-state index in [4.69, 9.17) is 4.74 Å². The summed E-state index contributed by atoms with van der Waals surface area (Å²) in [7, 11) is 1.56. The third kappa shape index (κ3) is 4.16. The Bertz CT molecular complexity index is 884. The number of carbonyl (C=O) groups excluding carboxylic acids is 1. The summed E-state index contributed by atoms with van der Waals surface area (Å²) in [5, 5.41) is 6.02. The van der Waals surface area contributed by atoms with Gasteiger partial charge in [0.25, 0.3) is 5.91 Å². The number of rotatable bonds is 6. The van der Waals surface area contributed by atoms with Gasteiger partial charge in [0, 0.05) is 6.20 Å². The van der Waals surface area contributed by atoms with Gasteiger partial charge in [-0.05, 0) is 30.7 Å². The van der Waals surface area contributed by atoms with Crippen LogP contribution in [0.1, 0.15) is 29.0 Å². The molecule has 1 amide bonds. The van der Waals surface area contributed by atoms with Crippen molar-refractivity contribution in [2.75, 3.05) is 17.7 Å². The number of nitrogens with one attached hydrogen (secondary N) is 2. The lowest BCUT2D eigenvalue weighted by Crippen LogP contribution is -2.16. The van der Waals surface area contributed by atoms with Gasteiger partial charge in [0.2, 0.25) is 5.95 Å². The van der Waals surface area contributed by atoms with Crippen LogP contribution in [-0.4, -0.2) is 23.0 Å². The molecule has 26 heavy (non-hydrogen) atoms. The van der Waals surface area contributed by atoms with Gasteiger partial charge in [-0.2, -0.15) is 0 Å². The summed E-state index contributed by atoms with van der Waals surface area (Å²) in [6.45, 7) is 2.01. The molecule has 0 spiro atoms. The smallest absolute Gasteiger partial charge is 0.274 e. The van der Waals surface area contributed by atoms with Gasteiger partial charge in [0.15, 0.2) is 0 Å². The van der Waals surface area contributed by atoms with Crippen LogP contribution in [0.25, 0.3) is 0 Å². The lowest BCUT2D eigenvalue weighted by atomic mass is 10.1. The molecule has 2 N–H and O–H groups in total. The van der Waals surface area contributed by atoms with Gasteiger partial charge in [-0.1, -0.05) is 42.5 Å². The van der Waals surface area contributed by atoms with Crippen LogP contribution in [0.3, 0.4) is 0 Å². The summed E-state index contributed by atoms with van der Waals surface area (Å²) < 4.78 is 5.25. The third-order valence-corrected chi connectivity index (χ3v) is 3.89. The molecule has 0 aliphatic carbocycles. The van der Waals surface area contributed by atoms with Crippen molar-refractivity contribution in [1.29, 1.82) is 0 Å². The quantitative estimate of drug-likeness (QED) is 0.706. The van der Waals surface area contributed by atoms with Crippen LogP contribution in [0.15, 0.2) is 66.9 Å². The van der Waals surface area contributed by atoms with E-state index in [1.807, 2.05) is 49.4 Å². The first-order valence-electron chi connectivity index (χ1n) is 8.26. The summed E-state index contributed by atoms with van der Waals surface area (Å²) >= 11 is 0. The summed E-state index contributed by atoms with van der Waals surface area (Å²) in [5.41, 5.74) is 1.97. The fourth-order valence-electron chi connectivity index (χ4n) is 2.51. The Balaban J connectivity index is 1.73. The van der Waals surface area contributed by atoms with Gasteiger partial charge >= 0.3 is 0 Å². The zero-order valence-electron chi connectivity index (χ0n) is 14.6. The SMILES string of the molecule is COc1ccccc1NC(=O)c1ccnc(NC(C)c2ccccc2)n1. The molecule has 6 nitrogen and oxygen atoms in total. The number of anilines is 2. The molecule has 132 valence electrons. The Kier molecular flexibility index (Phi) is 5.43. The molecule has 3 rings (SSSR count). The number of para-hydroxylation sites is 2. The first-order chi connectivity index (χ1) is 12.7. The van der Waals surface area contributed by atoms with Gasteiger partial charge in [-0.15, -0.1) is 0 Å². The highest BCUT2D eigenvalue weighted by Gasteiger charge is 2.13. The zero-order valence-corrected chi connectivity index (χ0v) is 14.6. The number of hydrogen-bond acceptors (Lipinski definition) is 5. The highest BCUT2D eigenvalue weighted by Crippen LogP contribution is 2.23. The van der Waals surface area contributed by atoms with Crippen LogP contribution in [-0.2, 0) is 0 Å². The Morgan fingerprint density at radius 2 is 1.77 bits per heavy atom. The van der Waals surface area contributed by atoms with Crippen molar-refractivity contribution < 1.29 is 9.53 Å². The second-order valence-electron chi connectivity index (χ2n) is 5.70. The van der Waals surface area contributed by atoms with Crippen molar-refractivity contribution in [3.63, 3.8) is 0 Å². The summed E-state index contributed by atoms with van der Waals surface area (Å²) in [5.74, 6) is 0.660. The number of methoxy groups -OCH3 is 1. The second kappa shape index (κ2) is 8.11. The van der Waals surface area contributed by atoms with E-state index < -0.39 is 0 Å². The minimum Gasteiger partial charge on any atom is -0.495 e. The molecule has 1 atom stereocenters. The minimum atomic E-state index is -0.327. The lowest BCUT2D eigenvalue weighted by molar-refractivity contribution is 0.102. The van der Waals surface area contributed by atoms with Crippen molar-refractivity contribution in [3.8, 4) is 5.75 Å². The molecule has 0 saturated heterocycles. The van der Waals surface area contributed by atoms with Gasteiger partial charge in [-0.25, -0.2) is 9.97 Å². The fourth-order valence-corrected chi connectivity index (χ4v) is 2.51. The largest absolute Gasteiger partial charge is 0.495 e. The maximum absolute atomic E-state index is 12.5. The van der Waals surface area contributed by atoms with Crippen LogP contribution in [0.4, 0.5) is 11.6 Å². The number of amides is 1. The molecule has 2 aromatic carbocycles. The van der Waals surface area contributed by atoms with Crippen molar-refractivity contribution in [2.45, 2.75) is 13.0 Å².